The summed E-state index contributed by atoms with van der Waals surface area (Å²) in [6.45, 7) is 12.5. The third kappa shape index (κ3) is 9.06. The van der Waals surface area contributed by atoms with E-state index in [9.17, 15) is 14.4 Å². The normalized spacial score (nSPS) is 29.0. The molecule has 0 aromatic heterocycles. The van der Waals surface area contributed by atoms with Gasteiger partial charge in [-0.05, 0) is 151 Å². The molecule has 324 valence electrons. The first-order chi connectivity index (χ1) is 28.1. The Kier molecular flexibility index (Phi) is 14.4. The number of hydrogen-bond acceptors (Lipinski definition) is 7. The van der Waals surface area contributed by atoms with Gasteiger partial charge in [-0.15, -0.1) is 0 Å². The molecule has 2 aromatic rings. The number of carbonyl (C=O) groups excluding carboxylic acids is 3. The number of esters is 2. The van der Waals surface area contributed by atoms with Crippen LogP contribution in [-0.4, -0.2) is 52.3 Å². The summed E-state index contributed by atoms with van der Waals surface area (Å²) in [6, 6.07) is 6.61. The van der Waals surface area contributed by atoms with E-state index in [0.717, 1.165) is 54.8 Å². The number of carbonyl (C=O) groups is 3. The average Bonchev–Trinajstić information content (AvgIpc) is 3.57. The second kappa shape index (κ2) is 18.8. The van der Waals surface area contributed by atoms with Crippen molar-refractivity contribution in [3.8, 4) is 11.5 Å². The molecule has 4 fully saturated rings. The molecule has 8 nitrogen and oxygen atoms in total. The first kappa shape index (κ1) is 45.3. The van der Waals surface area contributed by atoms with E-state index < -0.39 is 11.9 Å². The van der Waals surface area contributed by atoms with Gasteiger partial charge in [0.2, 0.25) is 5.91 Å². The highest BCUT2D eigenvalue weighted by molar-refractivity contribution is 6.33. The van der Waals surface area contributed by atoms with Crippen LogP contribution < -0.4 is 14.8 Å². The predicted octanol–water partition coefficient (Wildman–Crippen LogP) is 12.0. The molecule has 0 bridgehead atoms. The molecule has 4 aliphatic carbocycles. The van der Waals surface area contributed by atoms with Crippen molar-refractivity contribution in [3.05, 3.63) is 62.6 Å². The summed E-state index contributed by atoms with van der Waals surface area (Å²) >= 11 is 13.3. The molecule has 0 aliphatic heterocycles. The molecule has 6 rings (SSSR count). The van der Waals surface area contributed by atoms with Gasteiger partial charge in [-0.1, -0.05) is 83.2 Å². The summed E-state index contributed by atoms with van der Waals surface area (Å²) in [4.78, 5) is 39.6. The number of methoxy groups -OCH3 is 4. The molecule has 2 aromatic carbocycles. The Morgan fingerprint density at radius 1 is 0.763 bits per heavy atom. The summed E-state index contributed by atoms with van der Waals surface area (Å²) < 4.78 is 21.0. The maximum atomic E-state index is 13.9. The standard InChI is InChI=1S/C49H67Cl2NO7/c1-28(2)11-10-12-29(3)38-16-17-39-35-14-13-32-27-33(19-21-48(32,4)40(35)20-22-49(38,39)5)52-43(53)18-15-34(30-23-36(46(54)58-8)44(56-6)41(50)25-30)31-24-37(47(55)59-9)45(57-7)42(51)26-31/h15,23-26,28-29,32-33,35,38-40H,10-14,16-22,27H2,1-9H3,(H,52,53)/t29-,32?,33?,35+,38-,39+,40+,48+,49-/m1/s1. The molecule has 4 saturated carbocycles. The molecule has 2 unspecified atom stereocenters. The van der Waals surface area contributed by atoms with Gasteiger partial charge in [0.05, 0.1) is 38.5 Å². The largest absolute Gasteiger partial charge is 0.494 e. The summed E-state index contributed by atoms with van der Waals surface area (Å²) in [7, 11) is 5.40. The SMILES string of the molecule is COC(=O)c1cc(C(=CCC(=O)NC2CC[C@@]3(C)C(CC[C@H]4[C@@H]5CC[C@H]([C@H](C)CCCC(C)C)[C@@]5(C)CC[C@@H]43)C2)c2cc(Cl)c(OC)c(C(=O)OC)c2)cc(Cl)c1OC. The Bertz CT molecular complexity index is 1830. The summed E-state index contributed by atoms with van der Waals surface area (Å²) in [5.74, 6) is 4.47. The maximum Gasteiger partial charge on any atom is 0.341 e. The number of ether oxygens (including phenoxy) is 4. The van der Waals surface area contributed by atoms with E-state index in [0.29, 0.717) is 33.4 Å². The van der Waals surface area contributed by atoms with E-state index in [2.05, 4.69) is 39.9 Å². The van der Waals surface area contributed by atoms with E-state index in [1.165, 1.54) is 86.2 Å². The van der Waals surface area contributed by atoms with Crippen LogP contribution >= 0.6 is 23.2 Å². The lowest BCUT2D eigenvalue weighted by Gasteiger charge is -2.61. The number of hydrogen-bond donors (Lipinski definition) is 1. The van der Waals surface area contributed by atoms with Gasteiger partial charge in [-0.2, -0.15) is 0 Å². The number of rotatable bonds is 14. The topological polar surface area (TPSA) is 100 Å². The zero-order valence-corrected chi connectivity index (χ0v) is 38.3. The van der Waals surface area contributed by atoms with Crippen LogP contribution in [0.4, 0.5) is 0 Å². The first-order valence-corrected chi connectivity index (χ1v) is 22.8. The number of halogens is 2. The van der Waals surface area contributed by atoms with Gasteiger partial charge in [0.15, 0.2) is 11.5 Å². The Balaban J connectivity index is 1.19. The highest BCUT2D eigenvalue weighted by Crippen LogP contribution is 2.68. The average molecular weight is 853 g/mol. The monoisotopic (exact) mass is 851 g/mol. The van der Waals surface area contributed by atoms with E-state index in [-0.39, 0.29) is 51.0 Å². The molecule has 0 spiro atoms. The fraction of sp³-hybridized carbons (Fsp3) is 0.653. The van der Waals surface area contributed by atoms with Crippen molar-refractivity contribution in [2.75, 3.05) is 28.4 Å². The fourth-order valence-corrected chi connectivity index (χ4v) is 13.3. The number of benzene rings is 2. The van der Waals surface area contributed by atoms with Crippen molar-refractivity contribution in [1.82, 2.24) is 5.32 Å². The van der Waals surface area contributed by atoms with Crippen molar-refractivity contribution in [2.45, 2.75) is 124 Å². The second-order valence-electron chi connectivity index (χ2n) is 19.1. The van der Waals surface area contributed by atoms with E-state index in [1.54, 1.807) is 30.3 Å². The van der Waals surface area contributed by atoms with Crippen molar-refractivity contribution >= 4 is 46.6 Å². The lowest BCUT2D eigenvalue weighted by Crippen LogP contribution is -2.55. The van der Waals surface area contributed by atoms with Gasteiger partial charge in [0, 0.05) is 12.5 Å². The van der Waals surface area contributed by atoms with Gasteiger partial charge in [-0.25, -0.2) is 9.59 Å². The van der Waals surface area contributed by atoms with Crippen LogP contribution in [0.25, 0.3) is 5.57 Å². The quantitative estimate of drug-likeness (QED) is 0.189. The molecule has 1 N–H and O–H groups in total. The van der Waals surface area contributed by atoms with Crippen LogP contribution in [0.1, 0.15) is 150 Å². The van der Waals surface area contributed by atoms with Gasteiger partial charge in [0.1, 0.15) is 11.1 Å². The molecule has 4 aliphatic rings. The lowest BCUT2D eigenvalue weighted by molar-refractivity contribution is -0.127. The summed E-state index contributed by atoms with van der Waals surface area (Å²) in [6.07, 6.45) is 17.1. The van der Waals surface area contributed by atoms with Crippen molar-refractivity contribution in [2.24, 2.45) is 52.3 Å². The van der Waals surface area contributed by atoms with Crippen LogP contribution in [0.3, 0.4) is 0 Å². The van der Waals surface area contributed by atoms with Gasteiger partial charge < -0.3 is 24.3 Å². The van der Waals surface area contributed by atoms with Gasteiger partial charge in [0.25, 0.3) is 0 Å². The number of nitrogens with one attached hydrogen (secondary N) is 1. The molecular formula is C49H67Cl2NO7. The Labute approximate surface area is 362 Å². The third-order valence-electron chi connectivity index (χ3n) is 15.7. The fourth-order valence-electron chi connectivity index (χ4n) is 12.7. The third-order valence-corrected chi connectivity index (χ3v) is 16.2. The molecule has 0 heterocycles. The van der Waals surface area contributed by atoms with Crippen LogP contribution in [-0.2, 0) is 14.3 Å². The van der Waals surface area contributed by atoms with E-state index in [4.69, 9.17) is 42.1 Å². The molecule has 59 heavy (non-hydrogen) atoms. The number of amides is 1. The number of fused-ring (bicyclic) bond motifs is 5. The Hall–Kier alpha value is -3.23. The van der Waals surface area contributed by atoms with Gasteiger partial charge in [-0.3, -0.25) is 4.79 Å². The van der Waals surface area contributed by atoms with E-state index >= 15 is 0 Å². The highest BCUT2D eigenvalue weighted by Gasteiger charge is 2.60. The minimum atomic E-state index is -0.638. The smallest absolute Gasteiger partial charge is 0.341 e. The van der Waals surface area contributed by atoms with E-state index in [1.807, 2.05) is 0 Å². The molecule has 10 heteroatoms. The van der Waals surface area contributed by atoms with Crippen molar-refractivity contribution in [3.63, 3.8) is 0 Å². The molecule has 0 radical (unpaired) electrons. The Morgan fingerprint density at radius 2 is 1.34 bits per heavy atom. The molecule has 1 amide bonds. The van der Waals surface area contributed by atoms with Crippen LogP contribution in [0.15, 0.2) is 30.3 Å². The zero-order valence-electron chi connectivity index (χ0n) is 36.8. The van der Waals surface area contributed by atoms with Crippen LogP contribution in [0, 0.1) is 52.3 Å². The van der Waals surface area contributed by atoms with Crippen LogP contribution in [0.5, 0.6) is 11.5 Å². The Morgan fingerprint density at radius 3 is 1.90 bits per heavy atom. The highest BCUT2D eigenvalue weighted by atomic mass is 35.5. The van der Waals surface area contributed by atoms with Crippen molar-refractivity contribution < 1.29 is 33.3 Å². The van der Waals surface area contributed by atoms with Crippen LogP contribution in [0.2, 0.25) is 10.0 Å². The zero-order chi connectivity index (χ0) is 42.8. The maximum absolute atomic E-state index is 13.9. The minimum Gasteiger partial charge on any atom is -0.494 e. The molecule has 0 saturated heterocycles. The molecule has 9 atom stereocenters. The molecular weight excluding hydrogens is 785 g/mol. The summed E-state index contributed by atoms with van der Waals surface area (Å²) in [5.41, 5.74) is 2.56. The van der Waals surface area contributed by atoms with Crippen molar-refractivity contribution in [1.29, 1.82) is 0 Å². The lowest BCUT2D eigenvalue weighted by atomic mass is 9.44. The summed E-state index contributed by atoms with van der Waals surface area (Å²) in [5, 5.41) is 3.75. The predicted molar refractivity (Wildman–Crippen MR) is 235 cm³/mol. The van der Waals surface area contributed by atoms with Gasteiger partial charge >= 0.3 is 11.9 Å². The minimum absolute atomic E-state index is 0.0458. The second-order valence-corrected chi connectivity index (χ2v) is 19.9. The first-order valence-electron chi connectivity index (χ1n) is 22.0.